The minimum atomic E-state index is -3.30. The topological polar surface area (TPSA) is 67.4 Å². The lowest BCUT2D eigenvalue weighted by Crippen LogP contribution is -2.44. The van der Waals surface area contributed by atoms with E-state index in [0.717, 1.165) is 47.2 Å². The minimum absolute atomic E-state index is 0.278. The zero-order valence-electron chi connectivity index (χ0n) is 11.7. The van der Waals surface area contributed by atoms with Crippen molar-refractivity contribution in [2.75, 3.05) is 19.7 Å². The van der Waals surface area contributed by atoms with E-state index in [4.69, 9.17) is 4.74 Å². The molecule has 0 amide bonds. The number of ether oxygens (including phenoxy) is 1. The molecule has 1 unspecified atom stereocenters. The SMILES string of the molecule is O=S(=O)(NCc1cc(Br)cc2c1OCC2)C1CCCNC1. The molecule has 1 aromatic carbocycles. The monoisotopic (exact) mass is 374 g/mol. The molecule has 3 rings (SSSR count). The minimum Gasteiger partial charge on any atom is -0.493 e. The van der Waals surface area contributed by atoms with E-state index in [-0.39, 0.29) is 11.8 Å². The highest BCUT2D eigenvalue weighted by Crippen LogP contribution is 2.33. The van der Waals surface area contributed by atoms with Gasteiger partial charge in [-0.25, -0.2) is 13.1 Å². The molecule has 0 saturated carbocycles. The molecule has 7 heteroatoms. The third-order valence-electron chi connectivity index (χ3n) is 3.98. The Hall–Kier alpha value is -0.630. The molecule has 2 heterocycles. The first-order valence-corrected chi connectivity index (χ1v) is 9.53. The van der Waals surface area contributed by atoms with Crippen LogP contribution in [0.4, 0.5) is 0 Å². The van der Waals surface area contributed by atoms with Gasteiger partial charge in [-0.3, -0.25) is 0 Å². The van der Waals surface area contributed by atoms with Gasteiger partial charge in [0.25, 0.3) is 0 Å². The van der Waals surface area contributed by atoms with Gasteiger partial charge >= 0.3 is 0 Å². The summed E-state index contributed by atoms with van der Waals surface area (Å²) in [6.07, 6.45) is 2.50. The van der Waals surface area contributed by atoms with Crippen LogP contribution in [0.25, 0.3) is 0 Å². The number of nitrogens with one attached hydrogen (secondary N) is 2. The summed E-state index contributed by atoms with van der Waals surface area (Å²) in [7, 11) is -3.30. The van der Waals surface area contributed by atoms with Crippen LogP contribution in [0.15, 0.2) is 16.6 Å². The zero-order valence-corrected chi connectivity index (χ0v) is 14.1. The smallest absolute Gasteiger partial charge is 0.216 e. The van der Waals surface area contributed by atoms with E-state index in [2.05, 4.69) is 26.0 Å². The Balaban J connectivity index is 1.73. The highest BCUT2D eigenvalue weighted by atomic mass is 79.9. The zero-order chi connectivity index (χ0) is 14.9. The molecular weight excluding hydrogens is 356 g/mol. The van der Waals surface area contributed by atoms with Crippen LogP contribution in [-0.4, -0.2) is 33.4 Å². The van der Waals surface area contributed by atoms with Crippen LogP contribution in [0.5, 0.6) is 5.75 Å². The third-order valence-corrected chi connectivity index (χ3v) is 6.26. The quantitative estimate of drug-likeness (QED) is 0.838. The van der Waals surface area contributed by atoms with E-state index in [0.29, 0.717) is 13.2 Å². The van der Waals surface area contributed by atoms with Crippen LogP contribution in [0.1, 0.15) is 24.0 Å². The first-order valence-electron chi connectivity index (χ1n) is 7.19. The van der Waals surface area contributed by atoms with E-state index in [1.807, 2.05) is 12.1 Å². The molecule has 0 aromatic heterocycles. The first kappa shape index (κ1) is 15.3. The summed E-state index contributed by atoms with van der Waals surface area (Å²) in [6, 6.07) is 3.96. The van der Waals surface area contributed by atoms with Crippen molar-refractivity contribution in [3.05, 3.63) is 27.7 Å². The van der Waals surface area contributed by atoms with Gasteiger partial charge in [-0.1, -0.05) is 15.9 Å². The number of halogens is 1. The van der Waals surface area contributed by atoms with E-state index in [9.17, 15) is 8.42 Å². The van der Waals surface area contributed by atoms with Gasteiger partial charge in [0.05, 0.1) is 11.9 Å². The summed E-state index contributed by atoms with van der Waals surface area (Å²) in [6.45, 7) is 2.38. The van der Waals surface area contributed by atoms with E-state index < -0.39 is 10.0 Å². The van der Waals surface area contributed by atoms with E-state index in [1.165, 1.54) is 0 Å². The van der Waals surface area contributed by atoms with Crippen LogP contribution in [0.3, 0.4) is 0 Å². The van der Waals surface area contributed by atoms with Gasteiger partial charge in [0.1, 0.15) is 5.75 Å². The number of rotatable bonds is 4. The molecule has 0 bridgehead atoms. The van der Waals surface area contributed by atoms with E-state index in [1.54, 1.807) is 0 Å². The van der Waals surface area contributed by atoms with Gasteiger partial charge in [0.15, 0.2) is 0 Å². The third kappa shape index (κ3) is 3.41. The molecule has 21 heavy (non-hydrogen) atoms. The van der Waals surface area contributed by atoms with Crippen molar-refractivity contribution in [1.82, 2.24) is 10.0 Å². The fraction of sp³-hybridized carbons (Fsp3) is 0.571. The highest BCUT2D eigenvalue weighted by molar-refractivity contribution is 9.10. The number of hydrogen-bond donors (Lipinski definition) is 2. The summed E-state index contributed by atoms with van der Waals surface area (Å²) in [4.78, 5) is 0. The lowest BCUT2D eigenvalue weighted by atomic mass is 10.1. The van der Waals surface area contributed by atoms with Crippen molar-refractivity contribution < 1.29 is 13.2 Å². The lowest BCUT2D eigenvalue weighted by Gasteiger charge is -2.23. The number of piperidine rings is 1. The molecule has 1 aromatic rings. The predicted octanol–water partition coefficient (Wildman–Crippen LogP) is 1.56. The standard InChI is InChI=1S/C14H19BrN2O3S/c15-12-6-10-3-5-20-14(10)11(7-12)8-17-21(18,19)13-2-1-4-16-9-13/h6-7,13,16-17H,1-5,8-9H2. The maximum absolute atomic E-state index is 12.3. The second-order valence-corrected chi connectivity index (χ2v) is 8.45. The highest BCUT2D eigenvalue weighted by Gasteiger charge is 2.27. The largest absolute Gasteiger partial charge is 0.493 e. The molecule has 5 nitrogen and oxygen atoms in total. The maximum atomic E-state index is 12.3. The fourth-order valence-electron chi connectivity index (χ4n) is 2.86. The molecule has 1 fully saturated rings. The molecule has 2 aliphatic rings. The van der Waals surface area contributed by atoms with Crippen molar-refractivity contribution >= 4 is 26.0 Å². The lowest BCUT2D eigenvalue weighted by molar-refractivity contribution is 0.353. The maximum Gasteiger partial charge on any atom is 0.216 e. The summed E-state index contributed by atoms with van der Waals surface area (Å²) >= 11 is 3.47. The van der Waals surface area contributed by atoms with Gasteiger partial charge in [-0.05, 0) is 37.1 Å². The van der Waals surface area contributed by atoms with Crippen LogP contribution in [0, 0.1) is 0 Å². The summed E-state index contributed by atoms with van der Waals surface area (Å²) in [5.74, 6) is 0.836. The molecule has 116 valence electrons. The van der Waals surface area contributed by atoms with Gasteiger partial charge in [0, 0.05) is 29.5 Å². The van der Waals surface area contributed by atoms with Crippen molar-refractivity contribution in [2.45, 2.75) is 31.1 Å². The molecule has 0 spiro atoms. The average molecular weight is 375 g/mol. The van der Waals surface area contributed by atoms with Crippen LogP contribution in [0.2, 0.25) is 0 Å². The Morgan fingerprint density at radius 2 is 2.29 bits per heavy atom. The van der Waals surface area contributed by atoms with Gasteiger partial charge in [-0.15, -0.1) is 0 Å². The Bertz CT molecular complexity index is 627. The molecule has 0 aliphatic carbocycles. The molecule has 1 atom stereocenters. The second-order valence-electron chi connectivity index (χ2n) is 5.49. The van der Waals surface area contributed by atoms with Crippen molar-refractivity contribution in [3.8, 4) is 5.75 Å². The second kappa shape index (κ2) is 6.24. The molecule has 1 saturated heterocycles. The van der Waals surface area contributed by atoms with Crippen molar-refractivity contribution in [1.29, 1.82) is 0 Å². The average Bonchev–Trinajstić information content (AvgIpc) is 2.94. The van der Waals surface area contributed by atoms with Gasteiger partial charge in [-0.2, -0.15) is 0 Å². The van der Waals surface area contributed by atoms with Crippen LogP contribution >= 0.6 is 15.9 Å². The van der Waals surface area contributed by atoms with Gasteiger partial charge in [0.2, 0.25) is 10.0 Å². The Morgan fingerprint density at radius 3 is 3.05 bits per heavy atom. The van der Waals surface area contributed by atoms with Crippen LogP contribution in [-0.2, 0) is 23.0 Å². The first-order chi connectivity index (χ1) is 10.1. The number of fused-ring (bicyclic) bond motifs is 1. The summed E-state index contributed by atoms with van der Waals surface area (Å²) in [5, 5.41) is 2.80. The number of benzene rings is 1. The number of hydrogen-bond acceptors (Lipinski definition) is 4. The Morgan fingerprint density at radius 1 is 1.43 bits per heavy atom. The normalized spacial score (nSPS) is 21.9. The van der Waals surface area contributed by atoms with E-state index >= 15 is 0 Å². The summed E-state index contributed by atoms with van der Waals surface area (Å²) in [5.41, 5.74) is 2.03. The Kier molecular flexibility index (Phi) is 4.54. The summed E-state index contributed by atoms with van der Waals surface area (Å²) < 4.78 is 34.0. The molecule has 0 radical (unpaired) electrons. The fourth-order valence-corrected chi connectivity index (χ4v) is 4.82. The molecule has 2 N–H and O–H groups in total. The van der Waals surface area contributed by atoms with Gasteiger partial charge < -0.3 is 10.1 Å². The van der Waals surface area contributed by atoms with Crippen molar-refractivity contribution in [3.63, 3.8) is 0 Å². The molecule has 2 aliphatic heterocycles. The van der Waals surface area contributed by atoms with Crippen molar-refractivity contribution in [2.24, 2.45) is 0 Å². The Labute approximate surface area is 133 Å². The predicted molar refractivity (Wildman–Crippen MR) is 85.0 cm³/mol. The van der Waals surface area contributed by atoms with Crippen LogP contribution < -0.4 is 14.8 Å². The molecular formula is C14H19BrN2O3S. The number of sulfonamides is 1.